The molecule has 0 aliphatic carbocycles. The van der Waals surface area contributed by atoms with Gasteiger partial charge in [-0.2, -0.15) is 0 Å². The Morgan fingerprint density at radius 2 is 2.17 bits per heavy atom. The van der Waals surface area contributed by atoms with E-state index in [-0.39, 0.29) is 17.2 Å². The standard InChI is InChI=1S/C17H26FN3O2S/c1-3-19-17(21-11-6-7-14(2)13-21)20-10-12-24(22,23)16-9-5-4-8-15(16)18/h4-5,8-9,14H,3,6-7,10-13H2,1-2H3,(H,19,20). The van der Waals surface area contributed by atoms with Crippen molar-refractivity contribution in [3.05, 3.63) is 30.1 Å². The van der Waals surface area contributed by atoms with Crippen molar-refractivity contribution >= 4 is 15.8 Å². The highest BCUT2D eigenvalue weighted by Crippen LogP contribution is 2.17. The fraction of sp³-hybridized carbons (Fsp3) is 0.588. The van der Waals surface area contributed by atoms with Crippen LogP contribution in [-0.4, -0.2) is 51.2 Å². The van der Waals surface area contributed by atoms with Gasteiger partial charge in [-0.3, -0.25) is 4.99 Å². The molecule has 1 aromatic rings. The van der Waals surface area contributed by atoms with Crippen molar-refractivity contribution in [2.24, 2.45) is 10.9 Å². The maximum absolute atomic E-state index is 13.7. The second-order valence-corrected chi connectivity index (χ2v) is 8.26. The Morgan fingerprint density at radius 1 is 1.42 bits per heavy atom. The summed E-state index contributed by atoms with van der Waals surface area (Å²) < 4.78 is 38.2. The van der Waals surface area contributed by atoms with E-state index >= 15 is 0 Å². The minimum absolute atomic E-state index is 0.115. The predicted molar refractivity (Wildman–Crippen MR) is 94.4 cm³/mol. The fourth-order valence-electron chi connectivity index (χ4n) is 2.89. The molecule has 1 fully saturated rings. The van der Waals surface area contributed by atoms with Crippen LogP contribution in [0.1, 0.15) is 26.7 Å². The van der Waals surface area contributed by atoms with Crippen LogP contribution in [0.5, 0.6) is 0 Å². The highest BCUT2D eigenvalue weighted by Gasteiger charge is 2.21. The molecule has 5 nitrogen and oxygen atoms in total. The summed E-state index contributed by atoms with van der Waals surface area (Å²) in [6.45, 7) is 6.88. The molecule has 1 atom stereocenters. The average molecular weight is 355 g/mol. The molecule has 0 bridgehead atoms. The van der Waals surface area contributed by atoms with E-state index < -0.39 is 15.7 Å². The number of benzene rings is 1. The molecule has 24 heavy (non-hydrogen) atoms. The first kappa shape index (κ1) is 18.7. The van der Waals surface area contributed by atoms with Crippen LogP contribution in [0.4, 0.5) is 4.39 Å². The summed E-state index contributed by atoms with van der Waals surface area (Å²) in [6, 6.07) is 5.47. The number of aliphatic imine (C=N–C) groups is 1. The topological polar surface area (TPSA) is 61.8 Å². The molecule has 7 heteroatoms. The summed E-state index contributed by atoms with van der Waals surface area (Å²) in [6.07, 6.45) is 2.32. The lowest BCUT2D eigenvalue weighted by Crippen LogP contribution is -2.46. The van der Waals surface area contributed by atoms with E-state index in [1.54, 1.807) is 0 Å². The first-order valence-electron chi connectivity index (χ1n) is 8.44. The summed E-state index contributed by atoms with van der Waals surface area (Å²) in [4.78, 5) is 6.36. The Bertz CT molecular complexity index is 676. The third kappa shape index (κ3) is 4.93. The van der Waals surface area contributed by atoms with Gasteiger partial charge in [0.1, 0.15) is 10.7 Å². The minimum Gasteiger partial charge on any atom is -0.357 e. The summed E-state index contributed by atoms with van der Waals surface area (Å²) in [7, 11) is -3.67. The third-order valence-corrected chi connectivity index (χ3v) is 5.81. The van der Waals surface area contributed by atoms with E-state index in [1.807, 2.05) is 6.92 Å². The van der Waals surface area contributed by atoms with Crippen LogP contribution in [0, 0.1) is 11.7 Å². The molecule has 134 valence electrons. The Morgan fingerprint density at radius 3 is 2.83 bits per heavy atom. The van der Waals surface area contributed by atoms with E-state index in [4.69, 9.17) is 0 Å². The molecule has 1 saturated heterocycles. The van der Waals surface area contributed by atoms with Crippen LogP contribution in [0.3, 0.4) is 0 Å². The molecule has 0 aromatic heterocycles. The number of guanidine groups is 1. The first-order chi connectivity index (χ1) is 11.4. The maximum atomic E-state index is 13.7. The van der Waals surface area contributed by atoms with Crippen LogP contribution in [-0.2, 0) is 9.84 Å². The van der Waals surface area contributed by atoms with E-state index in [0.29, 0.717) is 5.92 Å². The molecular weight excluding hydrogens is 329 g/mol. The number of sulfone groups is 1. The Labute approximate surface area is 143 Å². The van der Waals surface area contributed by atoms with Gasteiger partial charge in [0.15, 0.2) is 15.8 Å². The zero-order valence-electron chi connectivity index (χ0n) is 14.3. The summed E-state index contributed by atoms with van der Waals surface area (Å²) in [5.74, 6) is 0.433. The van der Waals surface area contributed by atoms with Gasteiger partial charge in [0.05, 0.1) is 12.3 Å². The zero-order chi connectivity index (χ0) is 17.6. The number of piperidine rings is 1. The van der Waals surface area contributed by atoms with Crippen LogP contribution >= 0.6 is 0 Å². The van der Waals surface area contributed by atoms with Gasteiger partial charge in [0.2, 0.25) is 0 Å². The van der Waals surface area contributed by atoms with Crippen molar-refractivity contribution in [3.8, 4) is 0 Å². The summed E-state index contributed by atoms with van der Waals surface area (Å²) in [5.41, 5.74) is 0. The molecule has 1 N–H and O–H groups in total. The minimum atomic E-state index is -3.67. The normalized spacial score (nSPS) is 19.4. The molecule has 0 radical (unpaired) electrons. The molecular formula is C17H26FN3O2S. The van der Waals surface area contributed by atoms with Crippen molar-refractivity contribution in [1.82, 2.24) is 10.2 Å². The molecule has 0 amide bonds. The third-order valence-electron chi connectivity index (χ3n) is 4.08. The predicted octanol–water partition coefficient (Wildman–Crippen LogP) is 2.30. The average Bonchev–Trinajstić information content (AvgIpc) is 2.54. The Kier molecular flexibility index (Phi) is 6.60. The Hall–Kier alpha value is -1.63. The van der Waals surface area contributed by atoms with Gasteiger partial charge in [-0.05, 0) is 37.8 Å². The van der Waals surface area contributed by atoms with Gasteiger partial charge >= 0.3 is 0 Å². The number of nitrogens with one attached hydrogen (secondary N) is 1. The smallest absolute Gasteiger partial charge is 0.193 e. The van der Waals surface area contributed by atoms with E-state index in [2.05, 4.69) is 22.1 Å². The molecule has 1 aliphatic heterocycles. The quantitative estimate of drug-likeness (QED) is 0.650. The van der Waals surface area contributed by atoms with Crippen molar-refractivity contribution in [2.75, 3.05) is 31.9 Å². The van der Waals surface area contributed by atoms with Gasteiger partial charge in [0.25, 0.3) is 0 Å². The van der Waals surface area contributed by atoms with Gasteiger partial charge in [-0.25, -0.2) is 12.8 Å². The van der Waals surface area contributed by atoms with E-state index in [0.717, 1.165) is 38.1 Å². The van der Waals surface area contributed by atoms with Crippen LogP contribution in [0.2, 0.25) is 0 Å². The van der Waals surface area contributed by atoms with Crippen LogP contribution in [0.25, 0.3) is 0 Å². The number of hydrogen-bond donors (Lipinski definition) is 1. The first-order valence-corrected chi connectivity index (χ1v) is 10.1. The summed E-state index contributed by atoms with van der Waals surface area (Å²) in [5, 5.41) is 3.22. The lowest BCUT2D eigenvalue weighted by atomic mass is 10.0. The molecule has 1 heterocycles. The van der Waals surface area contributed by atoms with Crippen molar-refractivity contribution in [1.29, 1.82) is 0 Å². The lowest BCUT2D eigenvalue weighted by molar-refractivity contribution is 0.266. The van der Waals surface area contributed by atoms with Gasteiger partial charge in [-0.15, -0.1) is 0 Å². The molecule has 0 saturated carbocycles. The van der Waals surface area contributed by atoms with Gasteiger partial charge in [-0.1, -0.05) is 19.1 Å². The van der Waals surface area contributed by atoms with Gasteiger partial charge in [0, 0.05) is 19.6 Å². The second kappa shape index (κ2) is 8.46. The van der Waals surface area contributed by atoms with E-state index in [1.165, 1.54) is 24.6 Å². The number of rotatable bonds is 5. The highest BCUT2D eigenvalue weighted by molar-refractivity contribution is 7.91. The van der Waals surface area contributed by atoms with Crippen LogP contribution in [0.15, 0.2) is 34.2 Å². The lowest BCUT2D eigenvalue weighted by Gasteiger charge is -2.33. The van der Waals surface area contributed by atoms with Crippen molar-refractivity contribution in [3.63, 3.8) is 0 Å². The number of halogens is 1. The van der Waals surface area contributed by atoms with Crippen molar-refractivity contribution < 1.29 is 12.8 Å². The molecule has 2 rings (SSSR count). The fourth-order valence-corrected chi connectivity index (χ4v) is 4.09. The largest absolute Gasteiger partial charge is 0.357 e. The van der Waals surface area contributed by atoms with Crippen LogP contribution < -0.4 is 5.32 Å². The molecule has 1 aromatic carbocycles. The molecule has 1 unspecified atom stereocenters. The summed E-state index contributed by atoms with van der Waals surface area (Å²) >= 11 is 0. The molecule has 1 aliphatic rings. The highest BCUT2D eigenvalue weighted by atomic mass is 32.2. The monoisotopic (exact) mass is 355 g/mol. The van der Waals surface area contributed by atoms with E-state index in [9.17, 15) is 12.8 Å². The number of nitrogens with zero attached hydrogens (tertiary/aromatic N) is 2. The number of hydrogen-bond acceptors (Lipinski definition) is 3. The van der Waals surface area contributed by atoms with Crippen molar-refractivity contribution in [2.45, 2.75) is 31.6 Å². The SMILES string of the molecule is CCNC(=NCCS(=O)(=O)c1ccccc1F)N1CCCC(C)C1. The zero-order valence-corrected chi connectivity index (χ0v) is 15.2. The Balaban J connectivity index is 2.05. The second-order valence-electron chi connectivity index (χ2n) is 6.18. The molecule has 0 spiro atoms. The van der Waals surface area contributed by atoms with Gasteiger partial charge < -0.3 is 10.2 Å². The maximum Gasteiger partial charge on any atom is 0.193 e. The number of likely N-dealkylation sites (tertiary alicyclic amines) is 1.